The van der Waals surface area contributed by atoms with Gasteiger partial charge in [-0.1, -0.05) is 33.1 Å². The van der Waals surface area contributed by atoms with E-state index in [0.29, 0.717) is 24.0 Å². The number of nitrogens with zero attached hydrogens (tertiary/aromatic N) is 4. The highest BCUT2D eigenvalue weighted by molar-refractivity contribution is 5.93. The number of nitrogens with one attached hydrogen (secondary N) is 4. The molecule has 50 heavy (non-hydrogen) atoms. The second-order valence-electron chi connectivity index (χ2n) is 20.4. The monoisotopic (exact) mass is 702 g/mol. The van der Waals surface area contributed by atoms with Gasteiger partial charge in [0, 0.05) is 64.4 Å². The molecule has 0 aromatic rings. The minimum absolute atomic E-state index is 0.0118. The Morgan fingerprint density at radius 1 is 0.560 bits per heavy atom. The Hall–Kier alpha value is -1.42. The molecule has 3 heterocycles. The van der Waals surface area contributed by atoms with Crippen molar-refractivity contribution in [2.45, 2.75) is 225 Å². The summed E-state index contributed by atoms with van der Waals surface area (Å²) in [6.45, 7) is 36.4. The minimum atomic E-state index is -0.0129. The molecule has 0 aromatic carbocycles. The summed E-state index contributed by atoms with van der Waals surface area (Å²) in [6, 6.07) is 1.17. The highest BCUT2D eigenvalue weighted by atomic mass is 15.4. The number of hydrogen-bond donors (Lipinski definition) is 5. The number of nitrogens with two attached hydrogens (primary N) is 1. The maximum Gasteiger partial charge on any atom is 0.221 e. The first kappa shape index (κ1) is 43.0. The van der Waals surface area contributed by atoms with Crippen molar-refractivity contribution in [1.29, 1.82) is 5.41 Å². The summed E-state index contributed by atoms with van der Waals surface area (Å²) >= 11 is 0. The van der Waals surface area contributed by atoms with Gasteiger partial charge in [-0.2, -0.15) is 4.99 Å². The molecule has 6 N–H and O–H groups in total. The molecule has 0 saturated carbocycles. The average Bonchev–Trinajstić information content (AvgIpc) is 2.89. The third-order valence-electron chi connectivity index (χ3n) is 11.4. The van der Waals surface area contributed by atoms with Crippen LogP contribution in [0.4, 0.5) is 0 Å². The fourth-order valence-corrected chi connectivity index (χ4v) is 10.6. The summed E-state index contributed by atoms with van der Waals surface area (Å²) in [4.78, 5) is 12.4. The number of hydrogen-bond acceptors (Lipinski definition) is 5. The molecule has 0 aromatic heterocycles. The summed E-state index contributed by atoms with van der Waals surface area (Å²) in [5, 5.41) is 21.0. The molecule has 0 amide bonds. The summed E-state index contributed by atoms with van der Waals surface area (Å²) in [5.41, 5.74) is 7.28. The zero-order valence-corrected chi connectivity index (χ0v) is 35.4. The van der Waals surface area contributed by atoms with Crippen molar-refractivity contribution in [2.75, 3.05) is 26.2 Å². The Morgan fingerprint density at radius 3 is 1.32 bits per heavy atom. The highest BCUT2D eigenvalue weighted by Gasteiger charge is 2.43. The standard InChI is InChI=1S/C41H83N9/c1-15-17-23-49(32-27-38(7,8)46-39(9,10)28-32)34(42)44-35(43)50(33-29-40(11,12)47-41(13,14)30-33)24-21-19-18-20-22-48(16-2)31-25-36(3,4)45-37(5,6)26-31/h31-33,45-47H,15-30H2,1-14H3,(H3,42,43,44). The van der Waals surface area contributed by atoms with Gasteiger partial charge in [0.2, 0.25) is 5.96 Å². The summed E-state index contributed by atoms with van der Waals surface area (Å²) in [5.74, 6) is 0.853. The first-order valence-corrected chi connectivity index (χ1v) is 20.5. The highest BCUT2D eigenvalue weighted by Crippen LogP contribution is 2.35. The largest absolute Gasteiger partial charge is 0.369 e. The van der Waals surface area contributed by atoms with E-state index < -0.39 is 0 Å². The SMILES string of the molecule is CCCCN(/C(N)=N/C(=N)N(CCCCCCN(CC)C1CC(C)(C)NC(C)(C)C1)C1CC(C)(C)NC(C)(C)C1)C1CC(C)(C)NC(C)(C)C1. The van der Waals surface area contributed by atoms with Gasteiger partial charge in [-0.25, -0.2) is 0 Å². The lowest BCUT2D eigenvalue weighted by Gasteiger charge is -2.50. The Balaban J connectivity index is 1.72. The average molecular weight is 702 g/mol. The Kier molecular flexibility index (Phi) is 14.4. The molecule has 0 unspecified atom stereocenters. The Morgan fingerprint density at radius 2 is 0.920 bits per heavy atom. The lowest BCUT2D eigenvalue weighted by atomic mass is 9.79. The molecular weight excluding hydrogens is 619 g/mol. The van der Waals surface area contributed by atoms with Gasteiger partial charge >= 0.3 is 0 Å². The van der Waals surface area contributed by atoms with Gasteiger partial charge in [0.15, 0.2) is 5.96 Å². The number of piperidine rings is 3. The first-order chi connectivity index (χ1) is 22.9. The summed E-state index contributed by atoms with van der Waals surface area (Å²) in [7, 11) is 0. The molecule has 3 fully saturated rings. The molecule has 0 atom stereocenters. The van der Waals surface area contributed by atoms with Gasteiger partial charge in [-0.05, 0) is 154 Å². The number of rotatable bonds is 14. The molecule has 292 valence electrons. The predicted octanol–water partition coefficient (Wildman–Crippen LogP) is 7.45. The van der Waals surface area contributed by atoms with E-state index in [-0.39, 0.29) is 39.3 Å². The van der Waals surface area contributed by atoms with E-state index >= 15 is 0 Å². The van der Waals surface area contributed by atoms with Crippen LogP contribution in [0.25, 0.3) is 0 Å². The second-order valence-corrected chi connectivity index (χ2v) is 20.4. The van der Waals surface area contributed by atoms with Crippen LogP contribution in [-0.2, 0) is 0 Å². The van der Waals surface area contributed by atoms with Crippen LogP contribution in [0.5, 0.6) is 0 Å². The van der Waals surface area contributed by atoms with E-state index in [4.69, 9.17) is 10.7 Å². The fourth-order valence-electron chi connectivity index (χ4n) is 10.6. The van der Waals surface area contributed by atoms with Gasteiger partial charge in [-0.3, -0.25) is 5.41 Å². The Labute approximate surface area is 309 Å². The molecule has 0 radical (unpaired) electrons. The third kappa shape index (κ3) is 13.2. The van der Waals surface area contributed by atoms with E-state index in [0.717, 1.165) is 64.6 Å². The minimum Gasteiger partial charge on any atom is -0.369 e. The number of guanidine groups is 2. The van der Waals surface area contributed by atoms with Gasteiger partial charge in [0.25, 0.3) is 0 Å². The zero-order chi connectivity index (χ0) is 37.8. The van der Waals surface area contributed by atoms with Crippen molar-refractivity contribution in [3.05, 3.63) is 0 Å². The van der Waals surface area contributed by atoms with E-state index in [2.05, 4.69) is 128 Å². The molecule has 3 rings (SSSR count). The van der Waals surface area contributed by atoms with Crippen molar-refractivity contribution >= 4 is 11.9 Å². The molecule has 3 saturated heterocycles. The molecule has 9 nitrogen and oxygen atoms in total. The van der Waals surface area contributed by atoms with Crippen LogP contribution in [0, 0.1) is 5.41 Å². The van der Waals surface area contributed by atoms with Gasteiger partial charge in [-0.15, -0.1) is 0 Å². The van der Waals surface area contributed by atoms with Gasteiger partial charge in [0.05, 0.1) is 0 Å². The second kappa shape index (κ2) is 16.7. The number of aliphatic imine (C=N–C) groups is 1. The molecule has 0 aliphatic carbocycles. The maximum atomic E-state index is 9.47. The molecule has 9 heteroatoms. The number of unbranched alkanes of at least 4 members (excludes halogenated alkanes) is 4. The Bertz CT molecular complexity index is 1070. The summed E-state index contributed by atoms with van der Waals surface area (Å²) < 4.78 is 0. The van der Waals surface area contributed by atoms with E-state index in [1.54, 1.807) is 0 Å². The smallest absolute Gasteiger partial charge is 0.221 e. The first-order valence-electron chi connectivity index (χ1n) is 20.5. The molecule has 0 spiro atoms. The van der Waals surface area contributed by atoms with Gasteiger partial charge < -0.3 is 36.4 Å². The van der Waals surface area contributed by atoms with Crippen LogP contribution in [-0.4, -0.2) is 104 Å². The van der Waals surface area contributed by atoms with Gasteiger partial charge in [0.1, 0.15) is 0 Å². The van der Waals surface area contributed by atoms with Crippen LogP contribution in [0.1, 0.15) is 174 Å². The van der Waals surface area contributed by atoms with Crippen LogP contribution in [0.3, 0.4) is 0 Å². The summed E-state index contributed by atoms with van der Waals surface area (Å²) in [6.07, 6.45) is 13.2. The molecule has 0 bridgehead atoms. The van der Waals surface area contributed by atoms with Crippen molar-refractivity contribution < 1.29 is 0 Å². The van der Waals surface area contributed by atoms with Crippen molar-refractivity contribution in [2.24, 2.45) is 10.7 Å². The predicted molar refractivity (Wildman–Crippen MR) is 216 cm³/mol. The van der Waals surface area contributed by atoms with Crippen LogP contribution in [0.2, 0.25) is 0 Å². The van der Waals surface area contributed by atoms with E-state index in [9.17, 15) is 5.41 Å². The molecular formula is C41H83N9. The van der Waals surface area contributed by atoms with E-state index in [1.165, 1.54) is 38.6 Å². The maximum absolute atomic E-state index is 9.47. The fraction of sp³-hybridized carbons (Fsp3) is 0.951. The lowest BCUT2D eigenvalue weighted by Crippen LogP contribution is -2.64. The third-order valence-corrected chi connectivity index (χ3v) is 11.4. The van der Waals surface area contributed by atoms with Crippen molar-refractivity contribution in [3.63, 3.8) is 0 Å². The topological polar surface area (TPSA) is 108 Å². The lowest BCUT2D eigenvalue weighted by molar-refractivity contribution is 0.0679. The molecule has 3 aliphatic heterocycles. The van der Waals surface area contributed by atoms with Crippen LogP contribution in [0.15, 0.2) is 4.99 Å². The zero-order valence-electron chi connectivity index (χ0n) is 35.4. The quantitative estimate of drug-likeness (QED) is 0.0728. The normalized spacial score (nSPS) is 25.1. The van der Waals surface area contributed by atoms with E-state index in [1.807, 2.05) is 0 Å². The van der Waals surface area contributed by atoms with Crippen LogP contribution < -0.4 is 21.7 Å². The van der Waals surface area contributed by atoms with Crippen LogP contribution >= 0.6 is 0 Å². The van der Waals surface area contributed by atoms with Crippen molar-refractivity contribution in [1.82, 2.24) is 30.7 Å². The molecule has 3 aliphatic rings. The van der Waals surface area contributed by atoms with Crippen molar-refractivity contribution in [3.8, 4) is 0 Å².